The molecule has 45 heavy (non-hydrogen) atoms. The van der Waals surface area contributed by atoms with Crippen LogP contribution in [-0.2, 0) is 19.1 Å². The zero-order chi connectivity index (χ0) is 31.9. The van der Waals surface area contributed by atoms with Gasteiger partial charge in [-0.2, -0.15) is 15.0 Å². The maximum absolute atomic E-state index is 13.9. The zero-order valence-corrected chi connectivity index (χ0v) is 25.5. The number of aromatic nitrogens is 5. The smallest absolute Gasteiger partial charge is 0.281 e. The highest BCUT2D eigenvalue weighted by Crippen LogP contribution is 2.30. The Morgan fingerprint density at radius 3 is 2.49 bits per heavy atom. The summed E-state index contributed by atoms with van der Waals surface area (Å²) in [6.07, 6.45) is 1.66. The second kappa shape index (κ2) is 14.8. The molecule has 0 unspecified atom stereocenters. The fraction of sp³-hybridized carbons (Fsp3) is 0.621. The van der Waals surface area contributed by atoms with Crippen LogP contribution in [0.3, 0.4) is 0 Å². The van der Waals surface area contributed by atoms with Crippen molar-refractivity contribution in [3.05, 3.63) is 24.5 Å². The number of piperazine rings is 1. The number of alkyl halides is 2. The van der Waals surface area contributed by atoms with Crippen molar-refractivity contribution in [2.24, 2.45) is 5.92 Å². The highest BCUT2D eigenvalue weighted by molar-refractivity contribution is 5.87. The number of piperidine rings is 1. The average Bonchev–Trinajstić information content (AvgIpc) is 3.06. The van der Waals surface area contributed by atoms with Gasteiger partial charge < -0.3 is 34.8 Å². The SMILES string of the molecule is C=CC(=O)N1CCC(COCCC(=O)N2CCN(c3nc(-c4cnc(N)nc4C(F)F)nc(N4CCOC[C@@H]4C)n3)CC2)CC1. The molecule has 2 N–H and O–H groups in total. The Balaban J connectivity index is 1.19. The van der Waals surface area contributed by atoms with Crippen molar-refractivity contribution in [2.75, 3.05) is 87.8 Å². The molecule has 16 heteroatoms. The summed E-state index contributed by atoms with van der Waals surface area (Å²) >= 11 is 0. The number of anilines is 3. The van der Waals surface area contributed by atoms with Gasteiger partial charge in [-0.3, -0.25) is 9.59 Å². The lowest BCUT2D eigenvalue weighted by Crippen LogP contribution is -2.50. The average molecular weight is 631 g/mol. The van der Waals surface area contributed by atoms with Crippen LogP contribution in [-0.4, -0.2) is 125 Å². The van der Waals surface area contributed by atoms with Crippen LogP contribution in [0.1, 0.15) is 38.3 Å². The minimum Gasteiger partial charge on any atom is -0.381 e. The molecule has 2 aromatic rings. The number of nitrogens with two attached hydrogens (primary N) is 1. The van der Waals surface area contributed by atoms with Crippen LogP contribution in [0.25, 0.3) is 11.4 Å². The molecule has 0 aromatic carbocycles. The number of carbonyl (C=O) groups is 2. The van der Waals surface area contributed by atoms with E-state index in [-0.39, 0.29) is 41.6 Å². The molecule has 3 aliphatic heterocycles. The standard InChI is InChI=1S/C29H40F2N10O4/c1-3-22(42)38-7-4-20(5-8-38)18-44-14-6-23(43)39-9-11-40(12-10-39)28-35-26(21-16-33-27(32)34-24(21)25(30)31)36-29(37-28)41-13-15-45-17-19(41)2/h3,16,19-20,25H,1,4-15,17-18H2,2H3,(H2,32,33,34)/t19-/m0/s1. The number of rotatable bonds is 10. The van der Waals surface area contributed by atoms with E-state index in [1.807, 2.05) is 16.7 Å². The van der Waals surface area contributed by atoms with Crippen LogP contribution in [0.5, 0.6) is 0 Å². The fourth-order valence-corrected chi connectivity index (χ4v) is 5.69. The van der Waals surface area contributed by atoms with Crippen LogP contribution >= 0.6 is 0 Å². The normalized spacial score (nSPS) is 19.7. The summed E-state index contributed by atoms with van der Waals surface area (Å²) in [7, 11) is 0. The third-order valence-electron chi connectivity index (χ3n) is 8.35. The summed E-state index contributed by atoms with van der Waals surface area (Å²) in [5.41, 5.74) is 5.02. The summed E-state index contributed by atoms with van der Waals surface area (Å²) in [5, 5.41) is 0. The van der Waals surface area contributed by atoms with Crippen molar-refractivity contribution >= 4 is 29.7 Å². The Labute approximate surface area is 260 Å². The van der Waals surface area contributed by atoms with Crippen LogP contribution in [0.15, 0.2) is 18.9 Å². The van der Waals surface area contributed by atoms with Gasteiger partial charge >= 0.3 is 0 Å². The predicted octanol–water partition coefficient (Wildman–Crippen LogP) is 1.55. The molecule has 0 radical (unpaired) electrons. The minimum absolute atomic E-state index is 0.000753. The Hall–Kier alpha value is -4.05. The monoisotopic (exact) mass is 630 g/mol. The predicted molar refractivity (Wildman–Crippen MR) is 162 cm³/mol. The van der Waals surface area contributed by atoms with Gasteiger partial charge in [-0.25, -0.2) is 18.7 Å². The maximum Gasteiger partial charge on any atom is 0.281 e. The summed E-state index contributed by atoms with van der Waals surface area (Å²) < 4.78 is 39.2. The van der Waals surface area contributed by atoms with Gasteiger partial charge in [0, 0.05) is 58.6 Å². The molecule has 2 aromatic heterocycles. The Morgan fingerprint density at radius 1 is 1.07 bits per heavy atom. The Kier molecular flexibility index (Phi) is 10.7. The summed E-state index contributed by atoms with van der Waals surface area (Å²) in [5.74, 6) is 0.751. The van der Waals surface area contributed by atoms with E-state index in [9.17, 15) is 18.4 Å². The number of likely N-dealkylation sites (tertiary alicyclic amines) is 1. The van der Waals surface area contributed by atoms with Crippen molar-refractivity contribution in [3.8, 4) is 11.4 Å². The molecule has 5 heterocycles. The molecule has 3 saturated heterocycles. The van der Waals surface area contributed by atoms with Crippen LogP contribution in [0.4, 0.5) is 26.6 Å². The second-order valence-electron chi connectivity index (χ2n) is 11.4. The molecule has 0 spiro atoms. The van der Waals surface area contributed by atoms with E-state index in [0.29, 0.717) is 90.1 Å². The van der Waals surface area contributed by atoms with Gasteiger partial charge in [0.2, 0.25) is 29.7 Å². The van der Waals surface area contributed by atoms with E-state index < -0.39 is 12.1 Å². The van der Waals surface area contributed by atoms with E-state index in [2.05, 4.69) is 26.5 Å². The number of halogens is 2. The second-order valence-corrected chi connectivity index (χ2v) is 11.4. The molecule has 14 nitrogen and oxygen atoms in total. The topological polar surface area (TPSA) is 156 Å². The van der Waals surface area contributed by atoms with Crippen LogP contribution in [0.2, 0.25) is 0 Å². The van der Waals surface area contributed by atoms with Crippen molar-refractivity contribution in [3.63, 3.8) is 0 Å². The molecule has 3 aliphatic rings. The first kappa shape index (κ1) is 32.3. The molecule has 3 fully saturated rings. The van der Waals surface area contributed by atoms with Gasteiger partial charge in [0.25, 0.3) is 6.43 Å². The first-order valence-corrected chi connectivity index (χ1v) is 15.3. The van der Waals surface area contributed by atoms with Gasteiger partial charge in [-0.1, -0.05) is 6.58 Å². The van der Waals surface area contributed by atoms with E-state index in [0.717, 1.165) is 12.8 Å². The van der Waals surface area contributed by atoms with Crippen molar-refractivity contribution < 1.29 is 27.8 Å². The lowest BCUT2D eigenvalue weighted by atomic mass is 9.98. The molecule has 244 valence electrons. The quantitative estimate of drug-likeness (QED) is 0.299. The van der Waals surface area contributed by atoms with Crippen molar-refractivity contribution in [2.45, 2.75) is 38.7 Å². The summed E-state index contributed by atoms with van der Waals surface area (Å²) in [4.78, 5) is 53.6. The third kappa shape index (κ3) is 7.97. The molecule has 0 bridgehead atoms. The Morgan fingerprint density at radius 2 is 1.80 bits per heavy atom. The molecule has 5 rings (SSSR count). The Bertz CT molecular complexity index is 1350. The lowest BCUT2D eigenvalue weighted by Gasteiger charge is -2.36. The number of hydrogen-bond donors (Lipinski definition) is 1. The zero-order valence-electron chi connectivity index (χ0n) is 25.5. The highest BCUT2D eigenvalue weighted by atomic mass is 19.3. The van der Waals surface area contributed by atoms with Gasteiger partial charge in [-0.15, -0.1) is 0 Å². The summed E-state index contributed by atoms with van der Waals surface area (Å²) in [6.45, 7) is 11.1. The number of hydrogen-bond acceptors (Lipinski definition) is 12. The largest absolute Gasteiger partial charge is 0.381 e. The highest BCUT2D eigenvalue weighted by Gasteiger charge is 2.29. The number of morpholine rings is 1. The molecule has 1 atom stereocenters. The molecule has 0 saturated carbocycles. The van der Waals surface area contributed by atoms with E-state index in [1.165, 1.54) is 12.3 Å². The molecule has 0 aliphatic carbocycles. The molecular weight excluding hydrogens is 590 g/mol. The first-order valence-electron chi connectivity index (χ1n) is 15.3. The summed E-state index contributed by atoms with van der Waals surface area (Å²) in [6, 6.07) is -0.0370. The number of amides is 2. The van der Waals surface area contributed by atoms with E-state index in [1.54, 1.807) is 9.80 Å². The molecule has 2 amide bonds. The number of nitrogen functional groups attached to an aromatic ring is 1. The van der Waals surface area contributed by atoms with Crippen molar-refractivity contribution in [1.29, 1.82) is 0 Å². The number of carbonyl (C=O) groups excluding carboxylic acids is 2. The number of ether oxygens (including phenoxy) is 2. The maximum atomic E-state index is 13.9. The third-order valence-corrected chi connectivity index (χ3v) is 8.35. The van der Waals surface area contributed by atoms with Gasteiger partial charge in [-0.05, 0) is 31.8 Å². The van der Waals surface area contributed by atoms with Crippen molar-refractivity contribution in [1.82, 2.24) is 34.7 Å². The van der Waals surface area contributed by atoms with E-state index >= 15 is 0 Å². The fourth-order valence-electron chi connectivity index (χ4n) is 5.69. The lowest BCUT2D eigenvalue weighted by molar-refractivity contribution is -0.133. The minimum atomic E-state index is -2.91. The van der Waals surface area contributed by atoms with Gasteiger partial charge in [0.05, 0.1) is 37.8 Å². The van der Waals surface area contributed by atoms with Crippen LogP contribution in [0, 0.1) is 5.92 Å². The number of nitrogens with zero attached hydrogens (tertiary/aromatic N) is 9. The van der Waals surface area contributed by atoms with Crippen LogP contribution < -0.4 is 15.5 Å². The molecular formula is C29H40F2N10O4. The van der Waals surface area contributed by atoms with Gasteiger partial charge in [0.15, 0.2) is 5.82 Å². The first-order chi connectivity index (χ1) is 21.7. The van der Waals surface area contributed by atoms with Gasteiger partial charge in [0.1, 0.15) is 5.69 Å². The van der Waals surface area contributed by atoms with E-state index in [4.69, 9.17) is 20.2 Å².